The van der Waals surface area contributed by atoms with Gasteiger partial charge in [0.05, 0.1) is 17.6 Å². The number of hydrogen-bond donors (Lipinski definition) is 2. The van der Waals surface area contributed by atoms with Crippen molar-refractivity contribution in [2.75, 3.05) is 11.8 Å². The molecule has 1 aromatic carbocycles. The molecule has 0 saturated carbocycles. The Morgan fingerprint density at radius 3 is 2.68 bits per heavy atom. The van der Waals surface area contributed by atoms with Crippen LogP contribution in [0.3, 0.4) is 0 Å². The number of carbonyl (C=O) groups is 1. The first-order chi connectivity index (χ1) is 9.03. The minimum Gasteiger partial charge on any atom is -0.465 e. The van der Waals surface area contributed by atoms with Gasteiger partial charge in [-0.15, -0.1) is 0 Å². The van der Waals surface area contributed by atoms with Crippen LogP contribution in [0.2, 0.25) is 0 Å². The summed E-state index contributed by atoms with van der Waals surface area (Å²) >= 11 is 0. The molecule has 0 amide bonds. The average molecular weight is 280 g/mol. The second-order valence-corrected chi connectivity index (χ2v) is 5.39. The molecule has 0 saturated heterocycles. The maximum Gasteiger partial charge on any atom is 0.337 e. The Labute approximate surface area is 110 Å². The van der Waals surface area contributed by atoms with Crippen LogP contribution in [0.4, 0.5) is 5.82 Å². The van der Waals surface area contributed by atoms with Gasteiger partial charge in [-0.3, -0.25) is 4.72 Å². The first-order valence-corrected chi connectivity index (χ1v) is 6.86. The van der Waals surface area contributed by atoms with E-state index in [1.54, 1.807) is 18.3 Å². The Hall–Kier alpha value is -2.28. The number of aromatic nitrogens is 1. The van der Waals surface area contributed by atoms with Crippen LogP contribution in [0, 0.1) is 0 Å². The Morgan fingerprint density at radius 2 is 2.05 bits per heavy atom. The van der Waals surface area contributed by atoms with Gasteiger partial charge < -0.3 is 9.72 Å². The van der Waals surface area contributed by atoms with E-state index in [1.165, 1.54) is 31.4 Å². The standard InChI is InChI=1S/C12H12N2O4S/c1-18-12(15)9-4-2-5-10(8-9)19(16,17)14-11-6-3-7-13-11/h2-8,13-14H,1H3. The number of ether oxygens (including phenoxy) is 1. The highest BCUT2D eigenvalue weighted by atomic mass is 32.2. The summed E-state index contributed by atoms with van der Waals surface area (Å²) in [7, 11) is -2.50. The van der Waals surface area contributed by atoms with E-state index in [4.69, 9.17) is 0 Å². The van der Waals surface area contributed by atoms with E-state index >= 15 is 0 Å². The van der Waals surface area contributed by atoms with Crippen molar-refractivity contribution in [2.45, 2.75) is 4.90 Å². The van der Waals surface area contributed by atoms with Crippen molar-refractivity contribution in [1.82, 2.24) is 4.98 Å². The molecule has 0 bridgehead atoms. The van der Waals surface area contributed by atoms with Gasteiger partial charge in [-0.05, 0) is 30.3 Å². The molecule has 1 heterocycles. The summed E-state index contributed by atoms with van der Waals surface area (Å²) in [4.78, 5) is 14.1. The molecule has 2 N–H and O–H groups in total. The number of sulfonamides is 1. The highest BCUT2D eigenvalue weighted by molar-refractivity contribution is 7.92. The molecule has 0 spiro atoms. The van der Waals surface area contributed by atoms with Crippen molar-refractivity contribution in [2.24, 2.45) is 0 Å². The lowest BCUT2D eigenvalue weighted by Gasteiger charge is -2.07. The predicted molar refractivity (Wildman–Crippen MR) is 69.4 cm³/mol. The van der Waals surface area contributed by atoms with Crippen LogP contribution in [-0.2, 0) is 14.8 Å². The maximum absolute atomic E-state index is 12.1. The van der Waals surface area contributed by atoms with Gasteiger partial charge in [-0.2, -0.15) is 0 Å². The molecule has 6 nitrogen and oxygen atoms in total. The second kappa shape index (κ2) is 5.15. The van der Waals surface area contributed by atoms with Gasteiger partial charge in [0.2, 0.25) is 0 Å². The van der Waals surface area contributed by atoms with Gasteiger partial charge in [-0.25, -0.2) is 13.2 Å². The molecule has 100 valence electrons. The molecule has 0 atom stereocenters. The summed E-state index contributed by atoms with van der Waals surface area (Å²) in [5, 5.41) is 0. The molecule has 7 heteroatoms. The maximum atomic E-state index is 12.1. The molecule has 0 aliphatic rings. The Balaban J connectivity index is 2.33. The number of anilines is 1. The quantitative estimate of drug-likeness (QED) is 0.833. The van der Waals surface area contributed by atoms with Crippen LogP contribution in [0.5, 0.6) is 0 Å². The van der Waals surface area contributed by atoms with Gasteiger partial charge in [0.15, 0.2) is 0 Å². The third-order valence-electron chi connectivity index (χ3n) is 2.41. The van der Waals surface area contributed by atoms with Crippen molar-refractivity contribution in [3.05, 3.63) is 48.2 Å². The smallest absolute Gasteiger partial charge is 0.337 e. The molecule has 0 aliphatic heterocycles. The van der Waals surface area contributed by atoms with Crippen LogP contribution in [0.15, 0.2) is 47.5 Å². The SMILES string of the molecule is COC(=O)c1cccc(S(=O)(=O)Nc2ccc[nH]2)c1. The monoisotopic (exact) mass is 280 g/mol. The van der Waals surface area contributed by atoms with E-state index in [2.05, 4.69) is 14.4 Å². The zero-order valence-corrected chi connectivity index (χ0v) is 10.9. The normalized spacial score (nSPS) is 11.0. The molecular weight excluding hydrogens is 268 g/mol. The Bertz CT molecular complexity index is 678. The molecule has 1 aromatic heterocycles. The van der Waals surface area contributed by atoms with E-state index in [0.29, 0.717) is 5.82 Å². The van der Waals surface area contributed by atoms with E-state index in [-0.39, 0.29) is 10.5 Å². The zero-order chi connectivity index (χ0) is 13.9. The number of H-pyrrole nitrogens is 1. The fourth-order valence-electron chi connectivity index (χ4n) is 1.51. The summed E-state index contributed by atoms with van der Waals surface area (Å²) in [6.45, 7) is 0. The van der Waals surface area contributed by atoms with Gasteiger partial charge in [0, 0.05) is 6.20 Å². The average Bonchev–Trinajstić information content (AvgIpc) is 2.90. The molecule has 2 aromatic rings. The van der Waals surface area contributed by atoms with Gasteiger partial charge in [0.1, 0.15) is 5.82 Å². The fourth-order valence-corrected chi connectivity index (χ4v) is 2.58. The highest BCUT2D eigenvalue weighted by Crippen LogP contribution is 2.16. The lowest BCUT2D eigenvalue weighted by Crippen LogP contribution is -2.14. The molecule has 2 rings (SSSR count). The van der Waals surface area contributed by atoms with E-state index in [9.17, 15) is 13.2 Å². The predicted octanol–water partition coefficient (Wildman–Crippen LogP) is 1.60. The molecule has 0 unspecified atom stereocenters. The fraction of sp³-hybridized carbons (Fsp3) is 0.0833. The number of esters is 1. The molecular formula is C12H12N2O4S. The molecule has 0 fully saturated rings. The van der Waals surface area contributed by atoms with Gasteiger partial charge in [-0.1, -0.05) is 6.07 Å². The van der Waals surface area contributed by atoms with E-state index in [1.807, 2.05) is 0 Å². The number of benzene rings is 1. The Kier molecular flexibility index (Phi) is 3.57. The lowest BCUT2D eigenvalue weighted by molar-refractivity contribution is 0.0600. The van der Waals surface area contributed by atoms with Crippen LogP contribution < -0.4 is 4.72 Å². The summed E-state index contributed by atoms with van der Waals surface area (Å²) in [6.07, 6.45) is 1.60. The number of methoxy groups -OCH3 is 1. The zero-order valence-electron chi connectivity index (χ0n) is 10.1. The first kappa shape index (κ1) is 13.2. The third kappa shape index (κ3) is 2.94. The number of rotatable bonds is 4. The molecule has 0 radical (unpaired) electrons. The van der Waals surface area contributed by atoms with Crippen LogP contribution in [-0.4, -0.2) is 26.5 Å². The summed E-state index contributed by atoms with van der Waals surface area (Å²) < 4.78 is 31.1. The number of hydrogen-bond acceptors (Lipinski definition) is 4. The molecule has 19 heavy (non-hydrogen) atoms. The minimum atomic E-state index is -3.74. The topological polar surface area (TPSA) is 88.3 Å². The van der Waals surface area contributed by atoms with Crippen LogP contribution >= 0.6 is 0 Å². The first-order valence-electron chi connectivity index (χ1n) is 5.37. The number of aromatic amines is 1. The lowest BCUT2D eigenvalue weighted by atomic mass is 10.2. The van der Waals surface area contributed by atoms with Crippen LogP contribution in [0.25, 0.3) is 0 Å². The summed E-state index contributed by atoms with van der Waals surface area (Å²) in [6, 6.07) is 8.88. The minimum absolute atomic E-state index is 0.00926. The number of carbonyl (C=O) groups excluding carboxylic acids is 1. The van der Waals surface area contributed by atoms with Crippen molar-refractivity contribution < 1.29 is 17.9 Å². The summed E-state index contributed by atoms with van der Waals surface area (Å²) in [5.74, 6) is -0.236. The van der Waals surface area contributed by atoms with Crippen LogP contribution in [0.1, 0.15) is 10.4 Å². The largest absolute Gasteiger partial charge is 0.465 e. The van der Waals surface area contributed by atoms with Gasteiger partial charge >= 0.3 is 5.97 Å². The van der Waals surface area contributed by atoms with Crippen molar-refractivity contribution in [1.29, 1.82) is 0 Å². The highest BCUT2D eigenvalue weighted by Gasteiger charge is 2.16. The van der Waals surface area contributed by atoms with E-state index in [0.717, 1.165) is 0 Å². The Morgan fingerprint density at radius 1 is 1.26 bits per heavy atom. The van der Waals surface area contributed by atoms with Crippen molar-refractivity contribution >= 4 is 21.8 Å². The van der Waals surface area contributed by atoms with Crippen molar-refractivity contribution in [3.63, 3.8) is 0 Å². The van der Waals surface area contributed by atoms with E-state index < -0.39 is 16.0 Å². The number of nitrogens with one attached hydrogen (secondary N) is 2. The second-order valence-electron chi connectivity index (χ2n) is 3.71. The molecule has 0 aliphatic carbocycles. The summed E-state index contributed by atoms with van der Waals surface area (Å²) in [5.41, 5.74) is 0.178. The van der Waals surface area contributed by atoms with Gasteiger partial charge in [0.25, 0.3) is 10.0 Å². The van der Waals surface area contributed by atoms with Crippen molar-refractivity contribution in [3.8, 4) is 0 Å². The third-order valence-corrected chi connectivity index (χ3v) is 3.77.